The monoisotopic (exact) mass is 736 g/mol. The van der Waals surface area contributed by atoms with Gasteiger partial charge >= 0.3 is 0 Å². The van der Waals surface area contributed by atoms with Gasteiger partial charge in [-0.05, 0) is 94.1 Å². The molecule has 10 heteroatoms. The Bertz CT molecular complexity index is 1770. The lowest BCUT2D eigenvalue weighted by molar-refractivity contribution is -0.141. The van der Waals surface area contributed by atoms with E-state index in [-0.39, 0.29) is 42.7 Å². The smallest absolute Gasteiger partial charge is 0.251 e. The van der Waals surface area contributed by atoms with Crippen LogP contribution in [0.4, 0.5) is 17.1 Å². The van der Waals surface area contributed by atoms with Crippen LogP contribution in [-0.4, -0.2) is 89.2 Å². The van der Waals surface area contributed by atoms with Crippen molar-refractivity contribution in [3.8, 4) is 5.75 Å². The summed E-state index contributed by atoms with van der Waals surface area (Å²) in [5.74, 6) is -1.29. The highest BCUT2D eigenvalue weighted by Crippen LogP contribution is 2.67. The number of fused-ring (bicyclic) bond motifs is 1. The summed E-state index contributed by atoms with van der Waals surface area (Å²) in [5, 5.41) is 10.9. The first kappa shape index (κ1) is 38.2. The fourth-order valence-corrected chi connectivity index (χ4v) is 10.9. The fraction of sp³-hybridized carbons (Fsp3) is 0.419. The molecule has 3 aliphatic rings. The van der Waals surface area contributed by atoms with E-state index in [1.807, 2.05) is 85.8 Å². The van der Waals surface area contributed by atoms with Crippen molar-refractivity contribution in [1.82, 2.24) is 4.90 Å². The number of rotatable bonds is 17. The van der Waals surface area contributed by atoms with E-state index in [2.05, 4.69) is 31.9 Å². The maximum Gasteiger partial charge on any atom is 0.251 e. The van der Waals surface area contributed by atoms with Crippen LogP contribution in [0, 0.1) is 11.8 Å². The van der Waals surface area contributed by atoms with Gasteiger partial charge in [0, 0.05) is 48.5 Å². The van der Waals surface area contributed by atoms with Crippen molar-refractivity contribution in [2.45, 2.75) is 62.1 Å². The molecule has 1 spiro atoms. The van der Waals surface area contributed by atoms with Gasteiger partial charge in [0.1, 0.15) is 11.8 Å². The van der Waals surface area contributed by atoms with Crippen LogP contribution in [0.1, 0.15) is 39.2 Å². The zero-order valence-electron chi connectivity index (χ0n) is 31.1. The van der Waals surface area contributed by atoms with Crippen molar-refractivity contribution < 1.29 is 24.2 Å². The molecule has 1 N–H and O–H groups in total. The number of anilines is 3. The average molecular weight is 737 g/mol. The van der Waals surface area contributed by atoms with Crippen molar-refractivity contribution >= 4 is 46.5 Å². The number of carbonyl (C=O) groups is 3. The maximum absolute atomic E-state index is 15.3. The summed E-state index contributed by atoms with van der Waals surface area (Å²) < 4.78 is 4.80. The molecule has 3 saturated heterocycles. The van der Waals surface area contributed by atoms with Crippen LogP contribution >= 0.6 is 11.8 Å². The summed E-state index contributed by atoms with van der Waals surface area (Å²) in [4.78, 5) is 52.6. The molecule has 2 bridgehead atoms. The van der Waals surface area contributed by atoms with E-state index >= 15 is 9.59 Å². The molecule has 6 rings (SSSR count). The van der Waals surface area contributed by atoms with Gasteiger partial charge in [0.25, 0.3) is 5.91 Å². The molecule has 0 aliphatic carbocycles. The third-order valence-electron chi connectivity index (χ3n) is 11.1. The molecule has 53 heavy (non-hydrogen) atoms. The SMILES string of the molecule is C=CCN(C(=O)C1N([C@@H](CO)Cc2ccccc2)C(=O)[C@@H]2[C@@H](C(=O)N(CC=C)c3ccc(OCC)cc3)[C@H]3CCC12S3)c1ccc(N(CC)CC)cc1. The Morgan fingerprint density at radius 1 is 0.906 bits per heavy atom. The summed E-state index contributed by atoms with van der Waals surface area (Å²) >= 11 is 1.63. The minimum absolute atomic E-state index is 0.133. The van der Waals surface area contributed by atoms with Gasteiger partial charge in [-0.25, -0.2) is 0 Å². The van der Waals surface area contributed by atoms with Gasteiger partial charge in [0.2, 0.25) is 11.8 Å². The van der Waals surface area contributed by atoms with Gasteiger partial charge in [0.05, 0.1) is 35.8 Å². The van der Waals surface area contributed by atoms with E-state index in [1.54, 1.807) is 38.6 Å². The molecule has 2 unspecified atom stereocenters. The number of hydrogen-bond donors (Lipinski definition) is 1. The van der Waals surface area contributed by atoms with E-state index in [4.69, 9.17) is 4.74 Å². The highest BCUT2D eigenvalue weighted by molar-refractivity contribution is 8.02. The van der Waals surface area contributed by atoms with Gasteiger partial charge in [-0.2, -0.15) is 0 Å². The summed E-state index contributed by atoms with van der Waals surface area (Å²) in [7, 11) is 0. The van der Waals surface area contributed by atoms with Crippen molar-refractivity contribution in [2.75, 3.05) is 54.1 Å². The molecule has 0 saturated carbocycles. The Labute approximate surface area is 318 Å². The number of thioether (sulfide) groups is 1. The third kappa shape index (κ3) is 7.11. The number of aliphatic hydroxyl groups is 1. The zero-order valence-corrected chi connectivity index (χ0v) is 31.9. The van der Waals surface area contributed by atoms with Gasteiger partial charge in [-0.3, -0.25) is 14.4 Å². The lowest BCUT2D eigenvalue weighted by atomic mass is 9.70. The van der Waals surface area contributed by atoms with Crippen LogP contribution in [0.15, 0.2) is 104 Å². The van der Waals surface area contributed by atoms with E-state index in [9.17, 15) is 9.90 Å². The molecule has 3 aromatic carbocycles. The Morgan fingerprint density at radius 3 is 2.06 bits per heavy atom. The number of likely N-dealkylation sites (tertiary alicyclic amines) is 1. The zero-order chi connectivity index (χ0) is 37.7. The fourth-order valence-electron chi connectivity index (χ4n) is 8.73. The van der Waals surface area contributed by atoms with Gasteiger partial charge < -0.3 is 29.4 Å². The second kappa shape index (κ2) is 16.6. The molecule has 3 heterocycles. The molecule has 3 fully saturated rings. The minimum Gasteiger partial charge on any atom is -0.494 e. The Kier molecular flexibility index (Phi) is 12.0. The topological polar surface area (TPSA) is 93.6 Å². The first-order chi connectivity index (χ1) is 25.8. The highest BCUT2D eigenvalue weighted by Gasteiger charge is 2.74. The number of benzene rings is 3. The van der Waals surface area contributed by atoms with E-state index in [0.717, 1.165) is 24.3 Å². The largest absolute Gasteiger partial charge is 0.494 e. The molecular formula is C43H52N4O5S. The van der Waals surface area contributed by atoms with E-state index < -0.39 is 28.7 Å². The van der Waals surface area contributed by atoms with Crippen molar-refractivity contribution in [1.29, 1.82) is 0 Å². The van der Waals surface area contributed by atoms with Crippen LogP contribution in [0.2, 0.25) is 0 Å². The van der Waals surface area contributed by atoms with Crippen LogP contribution in [0.3, 0.4) is 0 Å². The molecule has 6 atom stereocenters. The number of ether oxygens (including phenoxy) is 1. The van der Waals surface area contributed by atoms with E-state index in [0.29, 0.717) is 43.0 Å². The normalized spacial score (nSPS) is 23.3. The van der Waals surface area contributed by atoms with Crippen LogP contribution < -0.4 is 19.4 Å². The Balaban J connectivity index is 1.41. The first-order valence-electron chi connectivity index (χ1n) is 18.8. The van der Waals surface area contributed by atoms with Crippen molar-refractivity contribution in [3.63, 3.8) is 0 Å². The lowest BCUT2D eigenvalue weighted by Crippen LogP contribution is -2.58. The molecular weight excluding hydrogens is 685 g/mol. The Morgan fingerprint density at radius 2 is 1.49 bits per heavy atom. The third-order valence-corrected chi connectivity index (χ3v) is 13.0. The number of amides is 3. The predicted molar refractivity (Wildman–Crippen MR) is 215 cm³/mol. The van der Waals surface area contributed by atoms with Crippen molar-refractivity contribution in [2.24, 2.45) is 11.8 Å². The molecule has 3 amide bonds. The van der Waals surface area contributed by atoms with Gasteiger partial charge in [-0.1, -0.05) is 42.5 Å². The van der Waals surface area contributed by atoms with Crippen LogP contribution in [0.25, 0.3) is 0 Å². The summed E-state index contributed by atoms with van der Waals surface area (Å²) in [5.41, 5.74) is 3.41. The number of nitrogens with zero attached hydrogens (tertiary/aromatic N) is 4. The second-order valence-electron chi connectivity index (χ2n) is 13.9. The van der Waals surface area contributed by atoms with Gasteiger partial charge in [0.15, 0.2) is 0 Å². The first-order valence-corrected chi connectivity index (χ1v) is 19.7. The number of carbonyl (C=O) groups excluding carboxylic acids is 3. The van der Waals surface area contributed by atoms with E-state index in [1.165, 1.54) is 0 Å². The summed E-state index contributed by atoms with van der Waals surface area (Å²) in [6, 6.07) is 23.5. The molecule has 0 aromatic heterocycles. The lowest BCUT2D eigenvalue weighted by Gasteiger charge is -2.40. The summed E-state index contributed by atoms with van der Waals surface area (Å²) in [6.07, 6.45) is 5.09. The van der Waals surface area contributed by atoms with Gasteiger partial charge in [-0.15, -0.1) is 24.9 Å². The summed E-state index contributed by atoms with van der Waals surface area (Å²) in [6.45, 7) is 16.5. The molecule has 9 nitrogen and oxygen atoms in total. The molecule has 0 radical (unpaired) electrons. The number of aliphatic hydroxyl groups excluding tert-OH is 1. The predicted octanol–water partition coefficient (Wildman–Crippen LogP) is 6.36. The molecule has 3 aliphatic heterocycles. The molecule has 280 valence electrons. The van der Waals surface area contributed by atoms with Crippen LogP contribution in [0.5, 0.6) is 5.75 Å². The second-order valence-corrected chi connectivity index (χ2v) is 15.5. The quantitative estimate of drug-likeness (QED) is 0.161. The Hall–Kier alpha value is -4.54. The number of hydrogen-bond acceptors (Lipinski definition) is 7. The van der Waals surface area contributed by atoms with Crippen molar-refractivity contribution in [3.05, 3.63) is 110 Å². The minimum atomic E-state index is -0.894. The maximum atomic E-state index is 15.3. The molecule has 3 aromatic rings. The standard InChI is InChI=1S/C43H52N4O5S/c1-6-26-45(33-20-22-35(23-21-33)52-10-5)40(49)37-36-24-25-43(53-36)38(37)41(50)47(34(29-48)28-30-14-12-11-13-15-30)39(43)42(51)46(27-7-2)32-18-16-31(17-19-32)44(8-3)9-4/h6-7,11-23,34,36-39,48H,1-2,8-10,24-29H2,3-5H3/t34-,36-,37+,38+,39?,43?/m1/s1. The average Bonchev–Trinajstić information content (AvgIpc) is 3.83. The van der Waals surface area contributed by atoms with Crippen LogP contribution in [-0.2, 0) is 20.8 Å². The highest BCUT2D eigenvalue weighted by atomic mass is 32.2.